The van der Waals surface area contributed by atoms with Gasteiger partial charge in [-0.15, -0.1) is 0 Å². The largest absolute Gasteiger partial charge is 0.330 e. The second-order valence-corrected chi connectivity index (χ2v) is 4.38. The number of nitrogens with one attached hydrogen (secondary N) is 1. The molecule has 0 aliphatic carbocycles. The van der Waals surface area contributed by atoms with E-state index in [1.54, 1.807) is 13.0 Å². The van der Waals surface area contributed by atoms with Crippen molar-refractivity contribution < 1.29 is 9.18 Å². The molecule has 0 aliphatic heterocycles. The highest BCUT2D eigenvalue weighted by Gasteiger charge is 2.08. The van der Waals surface area contributed by atoms with Crippen LogP contribution in [0, 0.1) is 12.7 Å². The molecule has 88 valence electrons. The number of hydrogen-bond acceptors (Lipinski definition) is 2. The molecule has 5 heteroatoms. The van der Waals surface area contributed by atoms with Gasteiger partial charge < -0.3 is 11.1 Å². The van der Waals surface area contributed by atoms with Crippen LogP contribution in [0.4, 0.5) is 10.1 Å². The normalized spacial score (nSPS) is 10.2. The minimum Gasteiger partial charge on any atom is -0.330 e. The maximum atomic E-state index is 13.1. The number of anilines is 1. The van der Waals surface area contributed by atoms with E-state index in [9.17, 15) is 9.18 Å². The maximum absolute atomic E-state index is 13.1. The molecule has 1 aromatic rings. The van der Waals surface area contributed by atoms with Crippen LogP contribution in [0.15, 0.2) is 16.6 Å². The van der Waals surface area contributed by atoms with Crippen molar-refractivity contribution in [1.82, 2.24) is 0 Å². The first kappa shape index (κ1) is 13.1. The van der Waals surface area contributed by atoms with Gasteiger partial charge in [0.05, 0.1) is 4.47 Å². The lowest BCUT2D eigenvalue weighted by Gasteiger charge is -2.09. The van der Waals surface area contributed by atoms with Gasteiger partial charge in [0.15, 0.2) is 0 Å². The van der Waals surface area contributed by atoms with Gasteiger partial charge in [-0.1, -0.05) is 0 Å². The molecule has 0 spiro atoms. The number of hydrogen-bond donors (Lipinski definition) is 2. The lowest BCUT2D eigenvalue weighted by Crippen LogP contribution is -2.14. The van der Waals surface area contributed by atoms with Gasteiger partial charge in [0, 0.05) is 12.1 Å². The van der Waals surface area contributed by atoms with E-state index in [1.165, 1.54) is 6.07 Å². The molecule has 0 bridgehead atoms. The van der Waals surface area contributed by atoms with Gasteiger partial charge in [-0.3, -0.25) is 4.79 Å². The molecule has 1 aromatic carbocycles. The lowest BCUT2D eigenvalue weighted by atomic mass is 10.2. The fraction of sp³-hybridized carbons (Fsp3) is 0.364. The van der Waals surface area contributed by atoms with Gasteiger partial charge in [0.25, 0.3) is 0 Å². The number of carbonyl (C=O) groups excluding carboxylic acids is 1. The standard InChI is InChI=1S/C11H14BrFN2O/c1-7-5-9(13)8(12)6-10(7)15-11(16)3-2-4-14/h5-6H,2-4,14H2,1H3,(H,15,16). The first-order valence-corrected chi connectivity index (χ1v) is 5.79. The summed E-state index contributed by atoms with van der Waals surface area (Å²) in [5.41, 5.74) is 6.62. The van der Waals surface area contributed by atoms with Crippen LogP contribution in [0.25, 0.3) is 0 Å². The van der Waals surface area contributed by atoms with E-state index >= 15 is 0 Å². The topological polar surface area (TPSA) is 55.1 Å². The number of rotatable bonds is 4. The molecule has 3 nitrogen and oxygen atoms in total. The van der Waals surface area contributed by atoms with Gasteiger partial charge in [-0.05, 0) is 53.5 Å². The van der Waals surface area contributed by atoms with E-state index in [0.717, 1.165) is 0 Å². The van der Waals surface area contributed by atoms with Crippen LogP contribution in [0.1, 0.15) is 18.4 Å². The fourth-order valence-electron chi connectivity index (χ4n) is 1.26. The number of nitrogens with two attached hydrogens (primary N) is 1. The summed E-state index contributed by atoms with van der Waals surface area (Å²) in [5.74, 6) is -0.440. The predicted molar refractivity (Wildman–Crippen MR) is 65.8 cm³/mol. The van der Waals surface area contributed by atoms with Gasteiger partial charge in [0.2, 0.25) is 5.91 Å². The zero-order valence-electron chi connectivity index (χ0n) is 9.02. The molecule has 0 saturated carbocycles. The average Bonchev–Trinajstić information content (AvgIpc) is 2.23. The van der Waals surface area contributed by atoms with Crippen molar-refractivity contribution in [3.63, 3.8) is 0 Å². The summed E-state index contributed by atoms with van der Waals surface area (Å²) in [6.07, 6.45) is 1.03. The molecular formula is C11H14BrFN2O. The Balaban J connectivity index is 2.73. The number of carbonyl (C=O) groups is 1. The van der Waals surface area contributed by atoms with Crippen LogP contribution < -0.4 is 11.1 Å². The molecule has 0 aromatic heterocycles. The summed E-state index contributed by atoms with van der Waals surface area (Å²) in [6, 6.07) is 2.94. The molecular weight excluding hydrogens is 275 g/mol. The van der Waals surface area contributed by atoms with E-state index in [0.29, 0.717) is 35.1 Å². The van der Waals surface area contributed by atoms with Crippen molar-refractivity contribution in [2.24, 2.45) is 5.73 Å². The zero-order valence-corrected chi connectivity index (χ0v) is 10.6. The van der Waals surface area contributed by atoms with Crippen LogP contribution in [-0.4, -0.2) is 12.5 Å². The minimum atomic E-state index is -0.336. The zero-order chi connectivity index (χ0) is 12.1. The third-order valence-corrected chi connectivity index (χ3v) is 2.76. The third kappa shape index (κ3) is 3.57. The van der Waals surface area contributed by atoms with Crippen molar-refractivity contribution in [3.8, 4) is 0 Å². The molecule has 16 heavy (non-hydrogen) atoms. The van der Waals surface area contributed by atoms with E-state index in [1.807, 2.05) is 0 Å². The summed E-state index contributed by atoms with van der Waals surface area (Å²) in [4.78, 5) is 11.4. The lowest BCUT2D eigenvalue weighted by molar-refractivity contribution is -0.116. The number of benzene rings is 1. The van der Waals surface area contributed by atoms with Crippen LogP contribution in [0.3, 0.4) is 0 Å². The second kappa shape index (κ2) is 5.96. The monoisotopic (exact) mass is 288 g/mol. The van der Waals surface area contributed by atoms with Crippen molar-refractivity contribution >= 4 is 27.5 Å². The average molecular weight is 289 g/mol. The van der Waals surface area contributed by atoms with E-state index in [2.05, 4.69) is 21.2 Å². The Morgan fingerprint density at radius 2 is 2.25 bits per heavy atom. The minimum absolute atomic E-state index is 0.105. The Morgan fingerprint density at radius 3 is 2.88 bits per heavy atom. The van der Waals surface area contributed by atoms with E-state index in [-0.39, 0.29) is 11.7 Å². The van der Waals surface area contributed by atoms with Gasteiger partial charge >= 0.3 is 0 Å². The van der Waals surface area contributed by atoms with E-state index in [4.69, 9.17) is 5.73 Å². The van der Waals surface area contributed by atoms with Crippen molar-refractivity contribution in [1.29, 1.82) is 0 Å². The number of amides is 1. The summed E-state index contributed by atoms with van der Waals surface area (Å²) in [6.45, 7) is 2.23. The highest BCUT2D eigenvalue weighted by atomic mass is 79.9. The highest BCUT2D eigenvalue weighted by Crippen LogP contribution is 2.24. The SMILES string of the molecule is Cc1cc(F)c(Br)cc1NC(=O)CCCN. The summed E-state index contributed by atoms with van der Waals surface area (Å²) in [7, 11) is 0. The molecule has 0 saturated heterocycles. The molecule has 1 rings (SSSR count). The summed E-state index contributed by atoms with van der Waals surface area (Å²) >= 11 is 3.08. The van der Waals surface area contributed by atoms with Gasteiger partial charge in [0.1, 0.15) is 5.82 Å². The smallest absolute Gasteiger partial charge is 0.224 e. The van der Waals surface area contributed by atoms with Crippen LogP contribution >= 0.6 is 15.9 Å². The molecule has 0 aliphatic rings. The quantitative estimate of drug-likeness (QED) is 0.895. The molecule has 0 atom stereocenters. The van der Waals surface area contributed by atoms with Gasteiger partial charge in [-0.25, -0.2) is 4.39 Å². The van der Waals surface area contributed by atoms with E-state index < -0.39 is 0 Å². The molecule has 3 N–H and O–H groups in total. The molecule has 0 heterocycles. The Hall–Kier alpha value is -0.940. The van der Waals surface area contributed by atoms with Crippen LogP contribution in [-0.2, 0) is 4.79 Å². The number of halogens is 2. The van der Waals surface area contributed by atoms with Crippen molar-refractivity contribution in [2.45, 2.75) is 19.8 Å². The van der Waals surface area contributed by atoms with Crippen LogP contribution in [0.2, 0.25) is 0 Å². The Kier molecular flexibility index (Phi) is 4.89. The Labute approximate surface area is 102 Å². The maximum Gasteiger partial charge on any atom is 0.224 e. The Bertz CT molecular complexity index is 396. The van der Waals surface area contributed by atoms with Crippen LogP contribution in [0.5, 0.6) is 0 Å². The molecule has 1 amide bonds. The second-order valence-electron chi connectivity index (χ2n) is 3.52. The van der Waals surface area contributed by atoms with Crippen molar-refractivity contribution in [3.05, 3.63) is 28.0 Å². The highest BCUT2D eigenvalue weighted by molar-refractivity contribution is 9.10. The van der Waals surface area contributed by atoms with Crippen molar-refractivity contribution in [2.75, 3.05) is 11.9 Å². The fourth-order valence-corrected chi connectivity index (χ4v) is 1.60. The first-order valence-electron chi connectivity index (χ1n) is 5.00. The Morgan fingerprint density at radius 1 is 1.56 bits per heavy atom. The summed E-state index contributed by atoms with van der Waals surface area (Å²) in [5, 5.41) is 2.72. The van der Waals surface area contributed by atoms with Gasteiger partial charge in [-0.2, -0.15) is 0 Å². The predicted octanol–water partition coefficient (Wildman–Crippen LogP) is 2.57. The third-order valence-electron chi connectivity index (χ3n) is 2.15. The number of aryl methyl sites for hydroxylation is 1. The first-order chi connectivity index (χ1) is 7.54. The summed E-state index contributed by atoms with van der Waals surface area (Å²) < 4.78 is 13.5. The molecule has 0 fully saturated rings. The molecule has 0 radical (unpaired) electrons. The molecule has 0 unspecified atom stereocenters.